The smallest absolute Gasteiger partial charge is 0.410 e. The van der Waals surface area contributed by atoms with Crippen molar-refractivity contribution in [2.45, 2.75) is 51.2 Å². The molecule has 5 rings (SSSR count). The van der Waals surface area contributed by atoms with Gasteiger partial charge in [0.1, 0.15) is 11.3 Å². The number of amides is 1. The van der Waals surface area contributed by atoms with Gasteiger partial charge in [0.2, 0.25) is 0 Å². The van der Waals surface area contributed by atoms with Gasteiger partial charge in [0.25, 0.3) is 6.43 Å². The lowest BCUT2D eigenvalue weighted by Crippen LogP contribution is -2.58. The van der Waals surface area contributed by atoms with Crippen LogP contribution >= 0.6 is 0 Å². The van der Waals surface area contributed by atoms with E-state index in [9.17, 15) is 13.6 Å². The fourth-order valence-corrected chi connectivity index (χ4v) is 4.60. The van der Waals surface area contributed by atoms with Gasteiger partial charge in [-0.25, -0.2) is 13.6 Å². The van der Waals surface area contributed by atoms with Crippen molar-refractivity contribution in [1.82, 2.24) is 19.9 Å². The largest absolute Gasteiger partial charge is 0.444 e. The minimum Gasteiger partial charge on any atom is -0.444 e. The lowest BCUT2D eigenvalue weighted by molar-refractivity contribution is 0.0106. The van der Waals surface area contributed by atoms with Crippen LogP contribution < -0.4 is 4.90 Å². The molecule has 0 atom stereocenters. The maximum absolute atomic E-state index is 14.1. The van der Waals surface area contributed by atoms with E-state index in [1.165, 1.54) is 12.4 Å². The van der Waals surface area contributed by atoms with Crippen LogP contribution in [0.25, 0.3) is 11.0 Å². The molecule has 1 saturated carbocycles. The molecule has 1 spiro atoms. The zero-order valence-electron chi connectivity index (χ0n) is 20.5. The molecule has 0 bridgehead atoms. The SMILES string of the molecule is CC(C)(C)OC(=O)N1CCN(c2c(N=Cc3ccc4nccnc4c3)cncc2C(F)F)CC12CC2. The summed E-state index contributed by atoms with van der Waals surface area (Å²) in [4.78, 5) is 33.7. The van der Waals surface area contributed by atoms with Crippen LogP contribution in [0, 0.1) is 0 Å². The molecule has 2 aromatic heterocycles. The third kappa shape index (κ3) is 4.84. The molecule has 188 valence electrons. The molecular formula is C26H28F2N6O2. The summed E-state index contributed by atoms with van der Waals surface area (Å²) in [6, 6.07) is 5.53. The van der Waals surface area contributed by atoms with Gasteiger partial charge >= 0.3 is 6.09 Å². The summed E-state index contributed by atoms with van der Waals surface area (Å²) in [5.41, 5.74) is 1.76. The summed E-state index contributed by atoms with van der Waals surface area (Å²) in [7, 11) is 0. The Morgan fingerprint density at radius 1 is 1.14 bits per heavy atom. The number of pyridine rings is 1. The molecule has 3 aromatic rings. The van der Waals surface area contributed by atoms with Crippen LogP contribution in [0.2, 0.25) is 0 Å². The summed E-state index contributed by atoms with van der Waals surface area (Å²) in [6.07, 6.45) is 6.08. The number of piperazine rings is 1. The quantitative estimate of drug-likeness (QED) is 0.458. The van der Waals surface area contributed by atoms with E-state index in [0.29, 0.717) is 31.0 Å². The first-order chi connectivity index (χ1) is 17.2. The van der Waals surface area contributed by atoms with Crippen molar-refractivity contribution < 1.29 is 18.3 Å². The number of nitrogens with zero attached hydrogens (tertiary/aromatic N) is 6. The van der Waals surface area contributed by atoms with E-state index in [-0.39, 0.29) is 11.7 Å². The Labute approximate surface area is 208 Å². The highest BCUT2D eigenvalue weighted by Crippen LogP contribution is 2.48. The van der Waals surface area contributed by atoms with Gasteiger partial charge in [-0.2, -0.15) is 0 Å². The van der Waals surface area contributed by atoms with Crippen LogP contribution in [-0.2, 0) is 4.74 Å². The van der Waals surface area contributed by atoms with Gasteiger partial charge in [0.05, 0.1) is 34.0 Å². The molecular weight excluding hydrogens is 466 g/mol. The van der Waals surface area contributed by atoms with E-state index in [4.69, 9.17) is 4.74 Å². The number of carbonyl (C=O) groups excluding carboxylic acids is 1. The van der Waals surface area contributed by atoms with Crippen LogP contribution in [0.4, 0.5) is 25.0 Å². The van der Waals surface area contributed by atoms with E-state index in [2.05, 4.69) is 19.9 Å². The summed E-state index contributed by atoms with van der Waals surface area (Å²) in [5, 5.41) is 0. The highest BCUT2D eigenvalue weighted by Gasteiger charge is 2.54. The summed E-state index contributed by atoms with van der Waals surface area (Å²) in [5.74, 6) is 0. The lowest BCUT2D eigenvalue weighted by atomic mass is 10.1. The summed E-state index contributed by atoms with van der Waals surface area (Å²) < 4.78 is 33.8. The van der Waals surface area contributed by atoms with Gasteiger partial charge < -0.3 is 9.64 Å². The Kier molecular flexibility index (Phi) is 6.05. The molecule has 8 nitrogen and oxygen atoms in total. The van der Waals surface area contributed by atoms with Gasteiger partial charge in [-0.1, -0.05) is 6.07 Å². The average Bonchev–Trinajstić information content (AvgIpc) is 3.60. The Morgan fingerprint density at radius 2 is 1.89 bits per heavy atom. The van der Waals surface area contributed by atoms with Gasteiger partial charge in [-0.15, -0.1) is 0 Å². The number of alkyl halides is 2. The minimum atomic E-state index is -2.71. The fourth-order valence-electron chi connectivity index (χ4n) is 4.60. The van der Waals surface area contributed by atoms with Crippen molar-refractivity contribution in [3.63, 3.8) is 0 Å². The van der Waals surface area contributed by atoms with Gasteiger partial charge in [-0.05, 0) is 51.3 Å². The molecule has 2 aliphatic rings. The van der Waals surface area contributed by atoms with E-state index in [1.807, 2.05) is 43.9 Å². The van der Waals surface area contributed by atoms with Crippen LogP contribution in [0.15, 0.2) is 48.0 Å². The van der Waals surface area contributed by atoms with Crippen LogP contribution in [0.5, 0.6) is 0 Å². The van der Waals surface area contributed by atoms with Crippen molar-refractivity contribution in [3.8, 4) is 0 Å². The number of halogens is 2. The molecule has 1 saturated heterocycles. The van der Waals surface area contributed by atoms with E-state index in [1.54, 1.807) is 23.5 Å². The molecule has 36 heavy (non-hydrogen) atoms. The number of aliphatic imine (C=N–C) groups is 1. The highest BCUT2D eigenvalue weighted by molar-refractivity contribution is 5.89. The van der Waals surface area contributed by atoms with Crippen molar-refractivity contribution in [3.05, 3.63) is 54.1 Å². The van der Waals surface area contributed by atoms with Gasteiger partial charge in [0, 0.05) is 44.4 Å². The topological polar surface area (TPSA) is 83.8 Å². The highest BCUT2D eigenvalue weighted by atomic mass is 19.3. The molecule has 2 fully saturated rings. The molecule has 1 aliphatic heterocycles. The van der Waals surface area contributed by atoms with Gasteiger partial charge in [0.15, 0.2) is 0 Å². The van der Waals surface area contributed by atoms with Crippen molar-refractivity contribution in [1.29, 1.82) is 0 Å². The standard InChI is InChI=1S/C26H28F2N6O2/c1-25(2,3)36-24(35)34-11-10-33(16-26(34)6-7-26)22-18(23(27)28)14-29-15-21(22)32-13-17-4-5-19-20(12-17)31-9-8-30-19/h4-5,8-9,12-15,23H,6-7,10-11,16H2,1-3H3. The normalized spacial score (nSPS) is 17.4. The molecule has 0 radical (unpaired) electrons. The van der Waals surface area contributed by atoms with Crippen molar-refractivity contribution >= 4 is 34.7 Å². The van der Waals surface area contributed by atoms with E-state index >= 15 is 0 Å². The maximum Gasteiger partial charge on any atom is 0.410 e. The average molecular weight is 495 g/mol. The lowest BCUT2D eigenvalue weighted by Gasteiger charge is -2.44. The van der Waals surface area contributed by atoms with E-state index in [0.717, 1.165) is 29.4 Å². The third-order valence-electron chi connectivity index (χ3n) is 6.42. The molecule has 0 N–H and O–H groups in total. The third-order valence-corrected chi connectivity index (χ3v) is 6.42. The first kappa shape index (κ1) is 24.0. The zero-order chi connectivity index (χ0) is 25.5. The van der Waals surface area contributed by atoms with Gasteiger partial charge in [-0.3, -0.25) is 24.8 Å². The second-order valence-electron chi connectivity index (χ2n) is 10.2. The maximum atomic E-state index is 14.1. The monoisotopic (exact) mass is 494 g/mol. The molecule has 3 heterocycles. The van der Waals surface area contributed by atoms with Crippen molar-refractivity contribution in [2.75, 3.05) is 24.5 Å². The number of hydrogen-bond acceptors (Lipinski definition) is 7. The Balaban J connectivity index is 1.44. The number of fused-ring (bicyclic) bond motifs is 1. The number of ether oxygens (including phenoxy) is 1. The number of rotatable bonds is 4. The number of carbonyl (C=O) groups is 1. The fraction of sp³-hybridized carbons (Fsp3) is 0.423. The van der Waals surface area contributed by atoms with Crippen LogP contribution in [0.1, 0.15) is 51.2 Å². The molecule has 1 amide bonds. The predicted molar refractivity (Wildman–Crippen MR) is 133 cm³/mol. The number of aromatic nitrogens is 3. The molecule has 10 heteroatoms. The summed E-state index contributed by atoms with van der Waals surface area (Å²) in [6.45, 7) is 6.70. The Morgan fingerprint density at radius 3 is 2.58 bits per heavy atom. The molecule has 1 aliphatic carbocycles. The molecule has 1 aromatic carbocycles. The summed E-state index contributed by atoms with van der Waals surface area (Å²) >= 11 is 0. The number of anilines is 1. The Hall–Kier alpha value is -3.69. The van der Waals surface area contributed by atoms with E-state index < -0.39 is 17.6 Å². The second kappa shape index (κ2) is 9.07. The first-order valence-corrected chi connectivity index (χ1v) is 11.9. The van der Waals surface area contributed by atoms with Crippen LogP contribution in [-0.4, -0.2) is 62.9 Å². The Bertz CT molecular complexity index is 1320. The number of benzene rings is 1. The first-order valence-electron chi connectivity index (χ1n) is 11.9. The molecule has 0 unspecified atom stereocenters. The minimum absolute atomic E-state index is 0.171. The second-order valence-corrected chi connectivity index (χ2v) is 10.2. The predicted octanol–water partition coefficient (Wildman–Crippen LogP) is 5.30. The number of hydrogen-bond donors (Lipinski definition) is 0. The van der Waals surface area contributed by atoms with Crippen LogP contribution in [0.3, 0.4) is 0 Å². The zero-order valence-corrected chi connectivity index (χ0v) is 20.5. The van der Waals surface area contributed by atoms with Crippen molar-refractivity contribution in [2.24, 2.45) is 4.99 Å².